The molecule has 0 aromatic carbocycles. The van der Waals surface area contributed by atoms with E-state index < -0.39 is 0 Å². The molecule has 0 saturated carbocycles. The molecule has 5 heteroatoms. The van der Waals surface area contributed by atoms with Crippen LogP contribution in [0.25, 0.3) is 0 Å². The molecule has 1 unspecified atom stereocenters. The maximum absolute atomic E-state index is 11.6. The van der Waals surface area contributed by atoms with E-state index >= 15 is 0 Å². The molecule has 0 aliphatic heterocycles. The molecular weight excluding hydrogens is 182 g/mol. The predicted molar refractivity (Wildman–Crippen MR) is 55.2 cm³/mol. The summed E-state index contributed by atoms with van der Waals surface area (Å²) in [6.45, 7) is 6.56. The average Bonchev–Trinajstić information content (AvgIpc) is 2.18. The van der Waals surface area contributed by atoms with Crippen LogP contribution < -0.4 is 5.73 Å². The van der Waals surface area contributed by atoms with Crippen molar-refractivity contribution in [2.45, 2.75) is 39.7 Å². The van der Waals surface area contributed by atoms with E-state index in [-0.39, 0.29) is 24.2 Å². The largest absolute Gasteiger partial charge is 0.409 e. The van der Waals surface area contributed by atoms with Crippen molar-refractivity contribution in [3.05, 3.63) is 0 Å². The minimum atomic E-state index is -0.0999. The molecule has 1 atom stereocenters. The van der Waals surface area contributed by atoms with E-state index in [1.807, 2.05) is 20.8 Å². The second-order valence-corrected chi connectivity index (χ2v) is 3.21. The second-order valence-electron chi connectivity index (χ2n) is 3.21. The van der Waals surface area contributed by atoms with Crippen molar-refractivity contribution in [2.75, 3.05) is 6.54 Å². The van der Waals surface area contributed by atoms with E-state index in [4.69, 9.17) is 10.9 Å². The zero-order valence-electron chi connectivity index (χ0n) is 9.03. The Hall–Kier alpha value is -1.26. The van der Waals surface area contributed by atoms with Gasteiger partial charge in [0.15, 0.2) is 0 Å². The summed E-state index contributed by atoms with van der Waals surface area (Å²) in [5.41, 5.74) is 5.26. The average molecular weight is 201 g/mol. The Bertz CT molecular complexity index is 216. The fourth-order valence-corrected chi connectivity index (χ4v) is 1.25. The highest BCUT2D eigenvalue weighted by Gasteiger charge is 2.17. The fraction of sp³-hybridized carbons (Fsp3) is 0.778. The smallest absolute Gasteiger partial charge is 0.230 e. The molecule has 5 nitrogen and oxygen atoms in total. The van der Waals surface area contributed by atoms with Crippen LogP contribution in [-0.2, 0) is 4.79 Å². The summed E-state index contributed by atoms with van der Waals surface area (Å²) in [5, 5.41) is 11.1. The van der Waals surface area contributed by atoms with Crippen molar-refractivity contribution in [1.82, 2.24) is 4.90 Å². The number of nitrogens with zero attached hydrogens (tertiary/aromatic N) is 2. The Morgan fingerprint density at radius 2 is 2.14 bits per heavy atom. The number of hydrogen-bond acceptors (Lipinski definition) is 3. The highest BCUT2D eigenvalue weighted by atomic mass is 16.4. The highest BCUT2D eigenvalue weighted by molar-refractivity contribution is 5.98. The molecule has 1 amide bonds. The number of amides is 1. The molecule has 0 aromatic heterocycles. The maximum Gasteiger partial charge on any atom is 0.230 e. The Labute approximate surface area is 84.6 Å². The molecule has 14 heavy (non-hydrogen) atoms. The van der Waals surface area contributed by atoms with Crippen LogP contribution in [0.15, 0.2) is 5.16 Å². The van der Waals surface area contributed by atoms with Crippen LogP contribution in [-0.4, -0.2) is 34.4 Å². The molecule has 0 radical (unpaired) electrons. The third-order valence-electron chi connectivity index (χ3n) is 2.24. The Kier molecular flexibility index (Phi) is 5.67. The molecule has 0 saturated heterocycles. The highest BCUT2D eigenvalue weighted by Crippen LogP contribution is 2.05. The van der Waals surface area contributed by atoms with Gasteiger partial charge in [-0.2, -0.15) is 0 Å². The summed E-state index contributed by atoms with van der Waals surface area (Å²) in [6.07, 6.45) is 0.879. The van der Waals surface area contributed by atoms with Crippen LogP contribution in [0.5, 0.6) is 0 Å². The quantitative estimate of drug-likeness (QED) is 0.298. The zero-order valence-corrected chi connectivity index (χ0v) is 9.03. The third kappa shape index (κ3) is 3.64. The van der Waals surface area contributed by atoms with Crippen LogP contribution in [0.3, 0.4) is 0 Å². The number of nitrogens with two attached hydrogens (primary N) is 1. The van der Waals surface area contributed by atoms with Crippen LogP contribution >= 0.6 is 0 Å². The molecule has 0 aliphatic rings. The van der Waals surface area contributed by atoms with Crippen molar-refractivity contribution in [2.24, 2.45) is 10.9 Å². The van der Waals surface area contributed by atoms with Gasteiger partial charge in [-0.05, 0) is 20.3 Å². The molecule has 0 heterocycles. The second kappa shape index (κ2) is 6.23. The summed E-state index contributed by atoms with van der Waals surface area (Å²) in [5.74, 6) is -0.145. The van der Waals surface area contributed by atoms with E-state index in [1.54, 1.807) is 4.90 Å². The molecular formula is C9H19N3O2. The van der Waals surface area contributed by atoms with E-state index in [1.165, 1.54) is 0 Å². The molecule has 0 fully saturated rings. The first kappa shape index (κ1) is 12.7. The van der Waals surface area contributed by atoms with Crippen molar-refractivity contribution in [1.29, 1.82) is 0 Å². The van der Waals surface area contributed by atoms with Gasteiger partial charge in [0.2, 0.25) is 5.91 Å². The van der Waals surface area contributed by atoms with Crippen LogP contribution in [0, 0.1) is 0 Å². The lowest BCUT2D eigenvalue weighted by Gasteiger charge is -2.27. The number of carbonyl (C=O) groups is 1. The molecule has 82 valence electrons. The van der Waals surface area contributed by atoms with Crippen LogP contribution in [0.4, 0.5) is 0 Å². The summed E-state index contributed by atoms with van der Waals surface area (Å²) in [7, 11) is 0. The van der Waals surface area contributed by atoms with Gasteiger partial charge in [-0.15, -0.1) is 0 Å². The molecule has 0 aliphatic carbocycles. The predicted octanol–water partition coefficient (Wildman–Crippen LogP) is 0.770. The van der Waals surface area contributed by atoms with Crippen molar-refractivity contribution < 1.29 is 10.0 Å². The topological polar surface area (TPSA) is 78.9 Å². The zero-order chi connectivity index (χ0) is 11.1. The van der Waals surface area contributed by atoms with Gasteiger partial charge in [0, 0.05) is 12.6 Å². The minimum Gasteiger partial charge on any atom is -0.409 e. The first-order chi connectivity index (χ1) is 6.56. The summed E-state index contributed by atoms with van der Waals surface area (Å²) >= 11 is 0. The van der Waals surface area contributed by atoms with Crippen molar-refractivity contribution in [3.63, 3.8) is 0 Å². The fourth-order valence-electron chi connectivity index (χ4n) is 1.25. The molecule has 3 N–H and O–H groups in total. The lowest BCUT2D eigenvalue weighted by atomic mass is 10.2. The number of hydrogen-bond donors (Lipinski definition) is 2. The van der Waals surface area contributed by atoms with Gasteiger partial charge in [-0.1, -0.05) is 12.1 Å². The lowest BCUT2D eigenvalue weighted by Crippen LogP contribution is -2.39. The normalized spacial score (nSPS) is 13.8. The lowest BCUT2D eigenvalue weighted by molar-refractivity contribution is -0.131. The van der Waals surface area contributed by atoms with Crippen LogP contribution in [0.1, 0.15) is 33.6 Å². The Morgan fingerprint density at radius 1 is 1.57 bits per heavy atom. The SMILES string of the molecule is CCC(C)N(CC)C(=O)C/C(N)=N/O. The van der Waals surface area contributed by atoms with Crippen LogP contribution in [0.2, 0.25) is 0 Å². The Balaban J connectivity index is 4.32. The van der Waals surface area contributed by atoms with E-state index in [2.05, 4.69) is 5.16 Å². The number of carbonyl (C=O) groups excluding carboxylic acids is 1. The minimum absolute atomic E-state index is 0.0192. The summed E-state index contributed by atoms with van der Waals surface area (Å²) < 4.78 is 0. The summed E-state index contributed by atoms with van der Waals surface area (Å²) in [6, 6.07) is 0.194. The van der Waals surface area contributed by atoms with Gasteiger partial charge >= 0.3 is 0 Å². The van der Waals surface area contributed by atoms with Crippen molar-refractivity contribution in [3.8, 4) is 0 Å². The van der Waals surface area contributed by atoms with Gasteiger partial charge in [0.25, 0.3) is 0 Å². The Morgan fingerprint density at radius 3 is 2.50 bits per heavy atom. The van der Waals surface area contributed by atoms with Gasteiger partial charge in [0.1, 0.15) is 5.84 Å². The standard InChI is InChI=1S/C9H19N3O2/c1-4-7(3)12(5-2)9(13)6-8(10)11-14/h7,14H,4-6H2,1-3H3,(H2,10,11). The first-order valence-corrected chi connectivity index (χ1v) is 4.82. The third-order valence-corrected chi connectivity index (χ3v) is 2.24. The van der Waals surface area contributed by atoms with E-state index in [9.17, 15) is 4.79 Å². The number of rotatable bonds is 5. The molecule has 0 aromatic rings. The van der Waals surface area contributed by atoms with Gasteiger partial charge in [0.05, 0.1) is 6.42 Å². The molecule has 0 spiro atoms. The maximum atomic E-state index is 11.6. The van der Waals surface area contributed by atoms with E-state index in [0.29, 0.717) is 6.54 Å². The molecule has 0 bridgehead atoms. The van der Waals surface area contributed by atoms with Gasteiger partial charge in [-0.3, -0.25) is 4.79 Å². The van der Waals surface area contributed by atoms with Gasteiger partial charge in [-0.25, -0.2) is 0 Å². The summed E-state index contributed by atoms with van der Waals surface area (Å²) in [4.78, 5) is 13.3. The van der Waals surface area contributed by atoms with Gasteiger partial charge < -0.3 is 15.8 Å². The number of oxime groups is 1. The monoisotopic (exact) mass is 201 g/mol. The van der Waals surface area contributed by atoms with Crippen molar-refractivity contribution >= 4 is 11.7 Å². The molecule has 0 rings (SSSR count). The first-order valence-electron chi connectivity index (χ1n) is 4.82. The number of amidine groups is 1. The van der Waals surface area contributed by atoms with E-state index in [0.717, 1.165) is 6.42 Å².